The smallest absolute Gasteiger partial charge is 0.339 e. The molecule has 3 aromatic rings. The molecular weight excluding hydrogens is 378 g/mol. The van der Waals surface area contributed by atoms with E-state index in [4.69, 9.17) is 4.74 Å². The molecule has 0 bridgehead atoms. The molecule has 2 aromatic heterocycles. The highest BCUT2D eigenvalue weighted by Crippen LogP contribution is 2.28. The molecule has 8 heteroatoms. The van der Waals surface area contributed by atoms with Gasteiger partial charge in [0.2, 0.25) is 0 Å². The topological polar surface area (TPSA) is 88.6 Å². The van der Waals surface area contributed by atoms with Gasteiger partial charge in [-0.25, -0.2) is 14.6 Å². The van der Waals surface area contributed by atoms with Gasteiger partial charge in [0.15, 0.2) is 6.10 Å². The molecule has 1 aliphatic rings. The van der Waals surface area contributed by atoms with E-state index in [2.05, 4.69) is 10.3 Å². The Morgan fingerprint density at radius 2 is 2.07 bits per heavy atom. The third kappa shape index (κ3) is 3.34. The molecule has 0 aliphatic carbocycles. The predicted molar refractivity (Wildman–Crippen MR) is 105 cm³/mol. The van der Waals surface area contributed by atoms with Crippen molar-refractivity contribution < 1.29 is 19.1 Å². The van der Waals surface area contributed by atoms with E-state index in [1.54, 1.807) is 12.1 Å². The lowest BCUT2D eigenvalue weighted by molar-refractivity contribution is -0.136. The molecule has 1 atom stereocenters. The molecule has 1 aliphatic heterocycles. The van der Waals surface area contributed by atoms with Gasteiger partial charge in [-0.3, -0.25) is 9.69 Å². The fourth-order valence-corrected chi connectivity index (χ4v) is 3.76. The molecule has 0 radical (unpaired) electrons. The lowest BCUT2D eigenvalue weighted by atomic mass is 10.1. The Kier molecular flexibility index (Phi) is 4.79. The Bertz CT molecular complexity index is 1060. The fourth-order valence-electron chi connectivity index (χ4n) is 3.07. The number of urea groups is 1. The van der Waals surface area contributed by atoms with Crippen LogP contribution >= 0.6 is 11.3 Å². The number of fused-ring (bicyclic) bond motifs is 1. The standard InChI is InChI=1S/C20H17N3O4S/c1-12(18(24)23-9-8-21-20(23)26)27-19(25)14-11-16(17-7-4-10-28-17)22-15-6-3-2-5-13(14)15/h2-7,10-12H,8-9H2,1H3,(H,21,26)/t12-/m0/s1. The number of nitrogens with zero attached hydrogens (tertiary/aromatic N) is 2. The second-order valence-electron chi connectivity index (χ2n) is 6.32. The number of carbonyl (C=O) groups excluding carboxylic acids is 3. The van der Waals surface area contributed by atoms with Crippen LogP contribution in [0.25, 0.3) is 21.5 Å². The van der Waals surface area contributed by atoms with E-state index in [1.165, 1.54) is 18.3 Å². The second kappa shape index (κ2) is 7.40. The van der Waals surface area contributed by atoms with Gasteiger partial charge in [0.25, 0.3) is 5.91 Å². The predicted octanol–water partition coefficient (Wildman–Crippen LogP) is 3.06. The summed E-state index contributed by atoms with van der Waals surface area (Å²) in [5.74, 6) is -1.17. The molecule has 0 unspecified atom stereocenters. The van der Waals surface area contributed by atoms with Crippen LogP contribution in [-0.4, -0.2) is 47.0 Å². The molecule has 1 saturated heterocycles. The average molecular weight is 395 g/mol. The van der Waals surface area contributed by atoms with Gasteiger partial charge in [0.1, 0.15) is 0 Å². The first kappa shape index (κ1) is 18.1. The number of benzene rings is 1. The van der Waals surface area contributed by atoms with E-state index in [-0.39, 0.29) is 6.54 Å². The SMILES string of the molecule is C[C@H](OC(=O)c1cc(-c2cccs2)nc2ccccc12)C(=O)N1CCNC1=O. The number of ether oxygens (including phenoxy) is 1. The third-order valence-corrected chi connectivity index (χ3v) is 5.36. The number of amides is 3. The van der Waals surface area contributed by atoms with Crippen LogP contribution in [0, 0.1) is 0 Å². The van der Waals surface area contributed by atoms with Gasteiger partial charge in [-0.05, 0) is 30.5 Å². The van der Waals surface area contributed by atoms with Crippen molar-refractivity contribution in [3.05, 3.63) is 53.4 Å². The Balaban J connectivity index is 1.65. The maximum Gasteiger partial charge on any atom is 0.339 e. The summed E-state index contributed by atoms with van der Waals surface area (Å²) in [6.45, 7) is 2.13. The first-order valence-corrected chi connectivity index (χ1v) is 9.66. The third-order valence-electron chi connectivity index (χ3n) is 4.46. The van der Waals surface area contributed by atoms with Gasteiger partial charge < -0.3 is 10.1 Å². The summed E-state index contributed by atoms with van der Waals surface area (Å²) in [6.07, 6.45) is -1.08. The van der Waals surface area contributed by atoms with E-state index in [0.29, 0.717) is 28.7 Å². The number of aromatic nitrogens is 1. The summed E-state index contributed by atoms with van der Waals surface area (Å²) in [5, 5.41) is 5.14. The lowest BCUT2D eigenvalue weighted by Crippen LogP contribution is -2.41. The Hall–Kier alpha value is -3.26. The van der Waals surface area contributed by atoms with Crippen molar-refractivity contribution in [3.8, 4) is 10.6 Å². The maximum atomic E-state index is 12.9. The lowest BCUT2D eigenvalue weighted by Gasteiger charge is -2.18. The van der Waals surface area contributed by atoms with E-state index in [0.717, 1.165) is 9.78 Å². The van der Waals surface area contributed by atoms with Gasteiger partial charge in [-0.15, -0.1) is 11.3 Å². The minimum absolute atomic E-state index is 0.264. The number of hydrogen-bond acceptors (Lipinski definition) is 6. The van der Waals surface area contributed by atoms with E-state index in [9.17, 15) is 14.4 Å². The second-order valence-corrected chi connectivity index (χ2v) is 7.27. The van der Waals surface area contributed by atoms with Crippen LogP contribution in [0.5, 0.6) is 0 Å². The molecule has 28 heavy (non-hydrogen) atoms. The van der Waals surface area contributed by atoms with Crippen LogP contribution in [0.2, 0.25) is 0 Å². The minimum Gasteiger partial charge on any atom is -0.449 e. The maximum absolute atomic E-state index is 12.9. The van der Waals surface area contributed by atoms with Crippen LogP contribution in [0.3, 0.4) is 0 Å². The number of rotatable bonds is 4. The summed E-state index contributed by atoms with van der Waals surface area (Å²) in [7, 11) is 0. The first-order chi connectivity index (χ1) is 13.5. The molecule has 7 nitrogen and oxygen atoms in total. The molecule has 3 amide bonds. The number of hydrogen-bond donors (Lipinski definition) is 1. The molecule has 1 aromatic carbocycles. The molecule has 0 saturated carbocycles. The molecule has 1 fully saturated rings. The number of pyridine rings is 1. The summed E-state index contributed by atoms with van der Waals surface area (Å²) in [6, 6.07) is 12.3. The zero-order valence-corrected chi connectivity index (χ0v) is 15.9. The van der Waals surface area contributed by atoms with E-state index < -0.39 is 24.0 Å². The van der Waals surface area contributed by atoms with Crippen molar-refractivity contribution in [1.82, 2.24) is 15.2 Å². The molecule has 4 rings (SSSR count). The fraction of sp³-hybridized carbons (Fsp3) is 0.200. The van der Waals surface area contributed by atoms with E-state index >= 15 is 0 Å². The highest BCUT2D eigenvalue weighted by atomic mass is 32.1. The minimum atomic E-state index is -1.08. The zero-order chi connectivity index (χ0) is 19.7. The van der Waals surface area contributed by atoms with Crippen LogP contribution in [0.15, 0.2) is 47.8 Å². The van der Waals surface area contributed by atoms with Crippen molar-refractivity contribution in [1.29, 1.82) is 0 Å². The summed E-state index contributed by atoms with van der Waals surface area (Å²) in [5.41, 5.74) is 1.66. The number of imide groups is 1. The van der Waals surface area contributed by atoms with Crippen LogP contribution in [0.4, 0.5) is 4.79 Å². The van der Waals surface area contributed by atoms with Crippen molar-refractivity contribution in [2.45, 2.75) is 13.0 Å². The number of thiophene rings is 1. The zero-order valence-electron chi connectivity index (χ0n) is 15.0. The Morgan fingerprint density at radius 1 is 1.25 bits per heavy atom. The van der Waals surface area contributed by atoms with Crippen molar-refractivity contribution in [2.75, 3.05) is 13.1 Å². The van der Waals surface area contributed by atoms with E-state index in [1.807, 2.05) is 35.7 Å². The van der Waals surface area contributed by atoms with Crippen molar-refractivity contribution in [3.63, 3.8) is 0 Å². The van der Waals surface area contributed by atoms with Gasteiger partial charge in [0, 0.05) is 18.5 Å². The molecular formula is C20H17N3O4S. The summed E-state index contributed by atoms with van der Waals surface area (Å²) >= 11 is 1.52. The number of nitrogens with one attached hydrogen (secondary N) is 1. The molecule has 3 heterocycles. The van der Waals surface area contributed by atoms with Gasteiger partial charge in [0.05, 0.1) is 21.7 Å². The molecule has 1 N–H and O–H groups in total. The monoisotopic (exact) mass is 395 g/mol. The van der Waals surface area contributed by atoms with Crippen LogP contribution in [0.1, 0.15) is 17.3 Å². The highest BCUT2D eigenvalue weighted by Gasteiger charge is 2.32. The van der Waals surface area contributed by atoms with Crippen molar-refractivity contribution >= 4 is 40.1 Å². The normalized spacial score (nSPS) is 14.8. The number of esters is 1. The average Bonchev–Trinajstić information content (AvgIpc) is 3.38. The summed E-state index contributed by atoms with van der Waals surface area (Å²) in [4.78, 5) is 43.6. The quantitative estimate of drug-likeness (QED) is 0.686. The molecule has 142 valence electrons. The number of carbonyl (C=O) groups is 3. The Morgan fingerprint density at radius 3 is 2.79 bits per heavy atom. The van der Waals surface area contributed by atoms with Crippen molar-refractivity contribution in [2.24, 2.45) is 0 Å². The number of para-hydroxylation sites is 1. The van der Waals surface area contributed by atoms with Gasteiger partial charge in [-0.2, -0.15) is 0 Å². The van der Waals surface area contributed by atoms with Gasteiger partial charge >= 0.3 is 12.0 Å². The highest BCUT2D eigenvalue weighted by molar-refractivity contribution is 7.13. The largest absolute Gasteiger partial charge is 0.449 e. The first-order valence-electron chi connectivity index (χ1n) is 8.78. The van der Waals surface area contributed by atoms with Crippen LogP contribution in [-0.2, 0) is 9.53 Å². The molecule has 0 spiro atoms. The summed E-state index contributed by atoms with van der Waals surface area (Å²) < 4.78 is 5.40. The van der Waals surface area contributed by atoms with Crippen LogP contribution < -0.4 is 5.32 Å². The Labute approximate surface area is 164 Å². The van der Waals surface area contributed by atoms with Gasteiger partial charge in [-0.1, -0.05) is 24.3 Å².